The van der Waals surface area contributed by atoms with E-state index in [9.17, 15) is 4.79 Å². The van der Waals surface area contributed by atoms with Gasteiger partial charge in [-0.25, -0.2) is 0 Å². The molecule has 2 heterocycles. The van der Waals surface area contributed by atoms with Crippen LogP contribution >= 0.6 is 0 Å². The number of carbonyl (C=O) groups excluding carboxylic acids is 1. The van der Waals surface area contributed by atoms with E-state index in [0.29, 0.717) is 36.9 Å². The van der Waals surface area contributed by atoms with Crippen LogP contribution in [0.3, 0.4) is 0 Å². The zero-order valence-electron chi connectivity index (χ0n) is 8.88. The van der Waals surface area contributed by atoms with Crippen LogP contribution in [0, 0.1) is 0 Å². The van der Waals surface area contributed by atoms with E-state index in [1.807, 2.05) is 0 Å². The van der Waals surface area contributed by atoms with E-state index in [-0.39, 0.29) is 18.6 Å². The van der Waals surface area contributed by atoms with Gasteiger partial charge in [-0.05, 0) is 12.1 Å². The van der Waals surface area contributed by atoms with Crippen LogP contribution < -0.4 is 18.9 Å². The third-order valence-corrected chi connectivity index (χ3v) is 2.45. The molecule has 1 aromatic rings. The van der Waals surface area contributed by atoms with Crippen LogP contribution in [0.1, 0.15) is 0 Å². The van der Waals surface area contributed by atoms with Crippen molar-refractivity contribution in [1.29, 1.82) is 0 Å². The first-order valence-electron chi connectivity index (χ1n) is 5.16. The van der Waals surface area contributed by atoms with Gasteiger partial charge < -0.3 is 23.7 Å². The topological polar surface area (TPSA) is 66.5 Å². The average molecular weight is 238 g/mol. The fourth-order valence-corrected chi connectivity index (χ4v) is 1.55. The Morgan fingerprint density at radius 1 is 1.41 bits per heavy atom. The zero-order valence-corrected chi connectivity index (χ0v) is 8.88. The molecule has 1 atom stereocenters. The molecule has 0 radical (unpaired) electrons. The highest BCUT2D eigenvalue weighted by Gasteiger charge is 2.27. The van der Waals surface area contributed by atoms with Crippen LogP contribution in [0.25, 0.3) is 0 Å². The number of rotatable bonds is 5. The van der Waals surface area contributed by atoms with Gasteiger partial charge in [0.1, 0.15) is 12.7 Å². The molecular formula is C11H10O6. The smallest absolute Gasteiger partial charge is 0.298 e. The van der Waals surface area contributed by atoms with Crippen LogP contribution in [-0.2, 0) is 9.53 Å². The van der Waals surface area contributed by atoms with Gasteiger partial charge >= 0.3 is 0 Å². The number of fused-ring (bicyclic) bond motifs is 1. The number of ether oxygens (including phenoxy) is 5. The molecule has 90 valence electrons. The van der Waals surface area contributed by atoms with E-state index in [4.69, 9.17) is 23.7 Å². The Morgan fingerprint density at radius 3 is 3.06 bits per heavy atom. The molecular weight excluding hydrogens is 228 g/mol. The molecule has 3 rings (SSSR count). The lowest BCUT2D eigenvalue weighted by Gasteiger charge is -2.10. The van der Waals surface area contributed by atoms with Crippen LogP contribution in [0.5, 0.6) is 23.0 Å². The molecule has 0 saturated carbocycles. The molecule has 1 fully saturated rings. The van der Waals surface area contributed by atoms with Gasteiger partial charge in [-0.3, -0.25) is 4.79 Å². The van der Waals surface area contributed by atoms with E-state index in [2.05, 4.69) is 0 Å². The summed E-state index contributed by atoms with van der Waals surface area (Å²) in [4.78, 5) is 10.5. The minimum Gasteiger partial charge on any atom is -0.487 e. The minimum absolute atomic E-state index is 0.111. The molecule has 6 nitrogen and oxygen atoms in total. The first-order chi connectivity index (χ1) is 8.38. The van der Waals surface area contributed by atoms with Crippen LogP contribution in [0.4, 0.5) is 0 Å². The third kappa shape index (κ3) is 1.99. The summed E-state index contributed by atoms with van der Waals surface area (Å²) in [6.45, 7) is 1.57. The van der Waals surface area contributed by atoms with Gasteiger partial charge in [0.15, 0.2) is 11.5 Å². The Kier molecular flexibility index (Phi) is 2.49. The van der Waals surface area contributed by atoms with E-state index < -0.39 is 0 Å². The SMILES string of the molecule is O=COc1c(OC[C@H]2CO2)ccc2c1OCO2. The van der Waals surface area contributed by atoms with E-state index in [1.165, 1.54) is 0 Å². The Bertz CT molecular complexity index is 440. The fourth-order valence-electron chi connectivity index (χ4n) is 1.55. The highest BCUT2D eigenvalue weighted by molar-refractivity contribution is 5.63. The maximum absolute atomic E-state index is 10.5. The predicted octanol–water partition coefficient (Wildman–Crippen LogP) is 0.728. The second-order valence-corrected chi connectivity index (χ2v) is 3.61. The first-order valence-corrected chi connectivity index (χ1v) is 5.16. The van der Waals surface area contributed by atoms with Crippen molar-refractivity contribution in [2.24, 2.45) is 0 Å². The van der Waals surface area contributed by atoms with Gasteiger partial charge in [0.2, 0.25) is 18.3 Å². The third-order valence-electron chi connectivity index (χ3n) is 2.45. The quantitative estimate of drug-likeness (QED) is 0.556. The lowest BCUT2D eigenvalue weighted by atomic mass is 10.2. The first kappa shape index (κ1) is 10.2. The summed E-state index contributed by atoms with van der Waals surface area (Å²) in [5.41, 5.74) is 0. The van der Waals surface area contributed by atoms with Crippen LogP contribution in [0.2, 0.25) is 0 Å². The number of hydrogen-bond acceptors (Lipinski definition) is 6. The highest BCUT2D eigenvalue weighted by atomic mass is 16.7. The van der Waals surface area contributed by atoms with Crippen molar-refractivity contribution in [3.8, 4) is 23.0 Å². The Hall–Kier alpha value is -1.95. The largest absolute Gasteiger partial charge is 0.487 e. The summed E-state index contributed by atoms with van der Waals surface area (Å²) in [6, 6.07) is 3.39. The van der Waals surface area contributed by atoms with Gasteiger partial charge in [0.25, 0.3) is 6.47 Å². The van der Waals surface area contributed by atoms with E-state index in [1.54, 1.807) is 12.1 Å². The molecule has 6 heteroatoms. The maximum atomic E-state index is 10.5. The summed E-state index contributed by atoms with van der Waals surface area (Å²) in [5.74, 6) is 1.62. The molecule has 0 spiro atoms. The van der Waals surface area contributed by atoms with E-state index >= 15 is 0 Å². The summed E-state index contributed by atoms with van der Waals surface area (Å²) in [6.07, 6.45) is 0.129. The molecule has 0 bridgehead atoms. The second kappa shape index (κ2) is 4.14. The van der Waals surface area contributed by atoms with Crippen molar-refractivity contribution in [2.75, 3.05) is 20.0 Å². The van der Waals surface area contributed by atoms with Crippen molar-refractivity contribution in [3.63, 3.8) is 0 Å². The monoisotopic (exact) mass is 238 g/mol. The van der Waals surface area contributed by atoms with Crippen molar-refractivity contribution in [3.05, 3.63) is 12.1 Å². The maximum Gasteiger partial charge on any atom is 0.298 e. The highest BCUT2D eigenvalue weighted by Crippen LogP contribution is 2.46. The normalized spacial score (nSPS) is 19.9. The molecule has 0 unspecified atom stereocenters. The number of hydrogen-bond donors (Lipinski definition) is 0. The minimum atomic E-state index is 0.111. The Balaban J connectivity index is 1.86. The lowest BCUT2D eigenvalue weighted by molar-refractivity contribution is -0.120. The van der Waals surface area contributed by atoms with Crippen molar-refractivity contribution >= 4 is 6.47 Å². The number of epoxide rings is 1. The molecule has 1 saturated heterocycles. The molecule has 0 amide bonds. The summed E-state index contributed by atoms with van der Waals surface area (Å²) >= 11 is 0. The van der Waals surface area contributed by atoms with E-state index in [0.717, 1.165) is 0 Å². The number of benzene rings is 1. The van der Waals surface area contributed by atoms with Crippen LogP contribution in [-0.4, -0.2) is 32.6 Å². The van der Waals surface area contributed by atoms with Gasteiger partial charge in [0.05, 0.1) is 6.61 Å². The molecule has 2 aliphatic heterocycles. The summed E-state index contributed by atoms with van der Waals surface area (Å²) < 4.78 is 25.8. The lowest BCUT2D eigenvalue weighted by Crippen LogP contribution is -2.05. The standard InChI is InChI=1S/C11H10O6/c12-5-15-10-8(14-4-7-3-13-7)1-2-9-11(10)17-6-16-9/h1-2,5,7H,3-4,6H2/t7-/m1/s1. The fraction of sp³-hybridized carbons (Fsp3) is 0.364. The van der Waals surface area contributed by atoms with Gasteiger partial charge in [-0.1, -0.05) is 0 Å². The van der Waals surface area contributed by atoms with Crippen LogP contribution in [0.15, 0.2) is 12.1 Å². The average Bonchev–Trinajstić information content (AvgIpc) is 3.04. The summed E-state index contributed by atoms with van der Waals surface area (Å²) in [7, 11) is 0. The van der Waals surface area contributed by atoms with Gasteiger partial charge in [-0.15, -0.1) is 0 Å². The molecule has 0 N–H and O–H groups in total. The van der Waals surface area contributed by atoms with Crippen molar-refractivity contribution in [2.45, 2.75) is 6.10 Å². The second-order valence-electron chi connectivity index (χ2n) is 3.61. The molecule has 0 aliphatic carbocycles. The number of carbonyl (C=O) groups is 1. The van der Waals surface area contributed by atoms with Gasteiger partial charge in [0, 0.05) is 0 Å². The Labute approximate surface area is 97.0 Å². The van der Waals surface area contributed by atoms with Crippen molar-refractivity contribution in [1.82, 2.24) is 0 Å². The molecule has 17 heavy (non-hydrogen) atoms. The van der Waals surface area contributed by atoms with Crippen molar-refractivity contribution < 1.29 is 28.5 Å². The summed E-state index contributed by atoms with van der Waals surface area (Å²) in [5, 5.41) is 0. The van der Waals surface area contributed by atoms with Gasteiger partial charge in [-0.2, -0.15) is 0 Å². The molecule has 0 aromatic heterocycles. The predicted molar refractivity (Wildman–Crippen MR) is 54.5 cm³/mol. The molecule has 2 aliphatic rings. The zero-order chi connectivity index (χ0) is 11.7. The Morgan fingerprint density at radius 2 is 2.29 bits per heavy atom. The molecule has 1 aromatic carbocycles.